The lowest BCUT2D eigenvalue weighted by Crippen LogP contribution is -1.84. The predicted molar refractivity (Wildman–Crippen MR) is 67.0 cm³/mol. The van der Waals surface area contributed by atoms with Crippen molar-refractivity contribution in [2.24, 2.45) is 0 Å². The highest BCUT2D eigenvalue weighted by molar-refractivity contribution is 9.10. The summed E-state index contributed by atoms with van der Waals surface area (Å²) >= 11 is 3.50. The largest absolute Gasteiger partial charge is 0.345 e. The first-order valence-corrected chi connectivity index (χ1v) is 5.68. The van der Waals surface area contributed by atoms with Crippen LogP contribution in [0.2, 0.25) is 0 Å². The van der Waals surface area contributed by atoms with Crippen LogP contribution in [0, 0.1) is 0 Å². The molecule has 78 valence electrons. The number of halogens is 1. The van der Waals surface area contributed by atoms with Crippen molar-refractivity contribution in [1.82, 2.24) is 15.0 Å². The Morgan fingerprint density at radius 1 is 1.12 bits per heavy atom. The van der Waals surface area contributed by atoms with Gasteiger partial charge in [-0.15, -0.1) is 0 Å². The molecular formula is C12H8BrN3. The number of fused-ring (bicyclic) bond motifs is 1. The fraction of sp³-hybridized carbons (Fsp3) is 0. The maximum Gasteiger partial charge on any atom is 0.0931 e. The van der Waals surface area contributed by atoms with E-state index in [4.69, 9.17) is 0 Å². The van der Waals surface area contributed by atoms with Gasteiger partial charge in [0.2, 0.25) is 0 Å². The second-order valence-corrected chi connectivity index (χ2v) is 4.32. The molecule has 3 aromatic rings. The van der Waals surface area contributed by atoms with Crippen molar-refractivity contribution in [3.8, 4) is 11.3 Å². The molecule has 3 rings (SSSR count). The summed E-state index contributed by atoms with van der Waals surface area (Å²) in [6.07, 6.45) is 3.49. The SMILES string of the molecule is Brc1cccnc1-c1ccc2nc[nH]c2c1. The normalized spacial score (nSPS) is 10.8. The van der Waals surface area contributed by atoms with E-state index in [1.165, 1.54) is 0 Å². The van der Waals surface area contributed by atoms with Crippen LogP contribution in [0.25, 0.3) is 22.3 Å². The lowest BCUT2D eigenvalue weighted by atomic mass is 10.1. The molecule has 16 heavy (non-hydrogen) atoms. The third-order valence-electron chi connectivity index (χ3n) is 2.45. The first-order valence-electron chi connectivity index (χ1n) is 4.88. The quantitative estimate of drug-likeness (QED) is 0.739. The van der Waals surface area contributed by atoms with Gasteiger partial charge >= 0.3 is 0 Å². The Labute approximate surface area is 101 Å². The summed E-state index contributed by atoms with van der Waals surface area (Å²) in [5, 5.41) is 0. The van der Waals surface area contributed by atoms with Crippen LogP contribution in [-0.2, 0) is 0 Å². The van der Waals surface area contributed by atoms with E-state index < -0.39 is 0 Å². The minimum absolute atomic E-state index is 0.944. The molecule has 4 heteroatoms. The van der Waals surface area contributed by atoms with Gasteiger partial charge in [0, 0.05) is 16.2 Å². The number of aromatic nitrogens is 3. The number of nitrogens with one attached hydrogen (secondary N) is 1. The second kappa shape index (κ2) is 3.72. The van der Waals surface area contributed by atoms with Gasteiger partial charge < -0.3 is 4.98 Å². The Balaban J connectivity index is 2.22. The Hall–Kier alpha value is -1.68. The Morgan fingerprint density at radius 3 is 2.94 bits per heavy atom. The van der Waals surface area contributed by atoms with E-state index in [-0.39, 0.29) is 0 Å². The zero-order valence-electron chi connectivity index (χ0n) is 8.31. The molecule has 1 aromatic carbocycles. The van der Waals surface area contributed by atoms with Crippen LogP contribution < -0.4 is 0 Å². The van der Waals surface area contributed by atoms with Crippen LogP contribution >= 0.6 is 15.9 Å². The summed E-state index contributed by atoms with van der Waals surface area (Å²) in [5.41, 5.74) is 4.01. The Kier molecular flexibility index (Phi) is 2.22. The number of imidazole rings is 1. The predicted octanol–water partition coefficient (Wildman–Crippen LogP) is 3.39. The first-order chi connectivity index (χ1) is 7.84. The number of hydrogen-bond donors (Lipinski definition) is 1. The summed E-state index contributed by atoms with van der Waals surface area (Å²) in [6.45, 7) is 0. The molecule has 0 saturated heterocycles. The zero-order valence-corrected chi connectivity index (χ0v) is 9.90. The molecule has 2 aromatic heterocycles. The standard InChI is InChI=1S/C12H8BrN3/c13-9-2-1-5-14-12(9)8-3-4-10-11(6-8)16-7-15-10/h1-7H,(H,15,16). The lowest BCUT2D eigenvalue weighted by molar-refractivity contribution is 1.31. The van der Waals surface area contributed by atoms with Crippen LogP contribution in [-0.4, -0.2) is 15.0 Å². The molecule has 2 heterocycles. The van der Waals surface area contributed by atoms with E-state index >= 15 is 0 Å². The number of pyridine rings is 1. The van der Waals surface area contributed by atoms with Gasteiger partial charge in [-0.1, -0.05) is 6.07 Å². The fourth-order valence-electron chi connectivity index (χ4n) is 1.68. The Bertz CT molecular complexity index is 645. The molecule has 0 saturated carbocycles. The van der Waals surface area contributed by atoms with Gasteiger partial charge in [-0.05, 0) is 40.2 Å². The van der Waals surface area contributed by atoms with Crippen molar-refractivity contribution in [3.63, 3.8) is 0 Å². The maximum atomic E-state index is 4.36. The molecule has 0 spiro atoms. The molecule has 0 aliphatic rings. The van der Waals surface area contributed by atoms with Crippen molar-refractivity contribution in [2.45, 2.75) is 0 Å². The highest BCUT2D eigenvalue weighted by atomic mass is 79.9. The lowest BCUT2D eigenvalue weighted by Gasteiger charge is -2.02. The number of aromatic amines is 1. The van der Waals surface area contributed by atoms with Crippen molar-refractivity contribution < 1.29 is 0 Å². The fourth-order valence-corrected chi connectivity index (χ4v) is 2.16. The number of hydrogen-bond acceptors (Lipinski definition) is 2. The zero-order chi connectivity index (χ0) is 11.0. The van der Waals surface area contributed by atoms with Crippen LogP contribution in [0.3, 0.4) is 0 Å². The number of H-pyrrole nitrogens is 1. The van der Waals surface area contributed by atoms with Crippen molar-refractivity contribution in [3.05, 3.63) is 47.3 Å². The molecule has 0 radical (unpaired) electrons. The smallest absolute Gasteiger partial charge is 0.0931 e. The average Bonchev–Trinajstić information content (AvgIpc) is 2.76. The molecule has 0 atom stereocenters. The number of nitrogens with zero attached hydrogens (tertiary/aromatic N) is 2. The molecule has 1 N–H and O–H groups in total. The van der Waals surface area contributed by atoms with Gasteiger partial charge in [-0.2, -0.15) is 0 Å². The average molecular weight is 274 g/mol. The highest BCUT2D eigenvalue weighted by Gasteiger charge is 2.05. The van der Waals surface area contributed by atoms with E-state index in [0.717, 1.165) is 26.8 Å². The van der Waals surface area contributed by atoms with Gasteiger partial charge in [0.25, 0.3) is 0 Å². The van der Waals surface area contributed by atoms with Gasteiger partial charge in [0.05, 0.1) is 23.1 Å². The molecular weight excluding hydrogens is 266 g/mol. The Morgan fingerprint density at radius 2 is 2.06 bits per heavy atom. The molecule has 0 aliphatic heterocycles. The minimum Gasteiger partial charge on any atom is -0.345 e. The van der Waals surface area contributed by atoms with E-state index in [9.17, 15) is 0 Å². The topological polar surface area (TPSA) is 41.6 Å². The maximum absolute atomic E-state index is 4.36. The molecule has 0 bridgehead atoms. The van der Waals surface area contributed by atoms with Gasteiger partial charge in [-0.3, -0.25) is 4.98 Å². The van der Waals surface area contributed by atoms with E-state index in [1.54, 1.807) is 12.5 Å². The van der Waals surface area contributed by atoms with Crippen LogP contribution in [0.4, 0.5) is 0 Å². The second-order valence-electron chi connectivity index (χ2n) is 3.47. The van der Waals surface area contributed by atoms with Gasteiger partial charge in [-0.25, -0.2) is 4.98 Å². The summed E-state index contributed by atoms with van der Waals surface area (Å²) in [4.78, 5) is 11.6. The van der Waals surface area contributed by atoms with E-state index in [0.29, 0.717) is 0 Å². The van der Waals surface area contributed by atoms with Crippen LogP contribution in [0.5, 0.6) is 0 Å². The number of benzene rings is 1. The summed E-state index contributed by atoms with van der Waals surface area (Å²) in [7, 11) is 0. The van der Waals surface area contributed by atoms with Crippen molar-refractivity contribution in [2.75, 3.05) is 0 Å². The van der Waals surface area contributed by atoms with Crippen molar-refractivity contribution in [1.29, 1.82) is 0 Å². The molecule has 0 aliphatic carbocycles. The summed E-state index contributed by atoms with van der Waals surface area (Å²) in [6, 6.07) is 9.95. The van der Waals surface area contributed by atoms with Gasteiger partial charge in [0.1, 0.15) is 0 Å². The third kappa shape index (κ3) is 1.51. The van der Waals surface area contributed by atoms with Crippen LogP contribution in [0.1, 0.15) is 0 Å². The van der Waals surface area contributed by atoms with E-state index in [2.05, 4.69) is 36.9 Å². The first kappa shape index (κ1) is 9.54. The number of rotatable bonds is 1. The molecule has 0 amide bonds. The highest BCUT2D eigenvalue weighted by Crippen LogP contribution is 2.27. The van der Waals surface area contributed by atoms with Crippen LogP contribution in [0.15, 0.2) is 47.3 Å². The summed E-state index contributed by atoms with van der Waals surface area (Å²) in [5.74, 6) is 0. The van der Waals surface area contributed by atoms with Crippen molar-refractivity contribution >= 4 is 27.0 Å². The monoisotopic (exact) mass is 273 g/mol. The van der Waals surface area contributed by atoms with Gasteiger partial charge in [0.15, 0.2) is 0 Å². The molecule has 0 unspecified atom stereocenters. The molecule has 3 nitrogen and oxygen atoms in total. The third-order valence-corrected chi connectivity index (χ3v) is 3.09. The minimum atomic E-state index is 0.944. The summed E-state index contributed by atoms with van der Waals surface area (Å²) < 4.78 is 0.994. The van der Waals surface area contributed by atoms with E-state index in [1.807, 2.05) is 24.3 Å². The molecule has 0 fully saturated rings.